The summed E-state index contributed by atoms with van der Waals surface area (Å²) in [6.45, 7) is 2.37. The second-order valence-corrected chi connectivity index (χ2v) is 10.3. The van der Waals surface area contributed by atoms with Gasteiger partial charge in [0.1, 0.15) is 0 Å². The van der Waals surface area contributed by atoms with E-state index in [9.17, 15) is 13.2 Å². The van der Waals surface area contributed by atoms with E-state index in [1.807, 2.05) is 41.9 Å². The highest BCUT2D eigenvalue weighted by Crippen LogP contribution is 2.29. The number of benzene rings is 2. The van der Waals surface area contributed by atoms with Crippen LogP contribution in [0.3, 0.4) is 0 Å². The van der Waals surface area contributed by atoms with Gasteiger partial charge in [0.05, 0.1) is 10.6 Å². The van der Waals surface area contributed by atoms with Gasteiger partial charge in [0.15, 0.2) is 11.0 Å². The summed E-state index contributed by atoms with van der Waals surface area (Å²) in [5, 5.41) is 9.06. The fourth-order valence-electron chi connectivity index (χ4n) is 3.45. The summed E-state index contributed by atoms with van der Waals surface area (Å²) >= 11 is 1.20. The van der Waals surface area contributed by atoms with E-state index >= 15 is 0 Å². The largest absolute Gasteiger partial charge is 0.369 e. The predicted octanol–water partition coefficient (Wildman–Crippen LogP) is 1.45. The van der Waals surface area contributed by atoms with Gasteiger partial charge >= 0.3 is 0 Å². The van der Waals surface area contributed by atoms with Crippen LogP contribution in [-0.4, -0.2) is 77.3 Å². The normalized spacial score (nSPS) is 15.7. The van der Waals surface area contributed by atoms with Gasteiger partial charge in [0.25, 0.3) is 0 Å². The van der Waals surface area contributed by atoms with Gasteiger partial charge in [-0.3, -0.25) is 9.36 Å². The van der Waals surface area contributed by atoms with Gasteiger partial charge in [-0.05, 0) is 43.4 Å². The van der Waals surface area contributed by atoms with Crippen molar-refractivity contribution in [1.29, 1.82) is 0 Å². The molecule has 2 heterocycles. The number of nitrogens with two attached hydrogens (primary N) is 1. The van der Waals surface area contributed by atoms with Crippen molar-refractivity contribution in [3.05, 3.63) is 54.6 Å². The number of hydrogen-bond donors (Lipinski definition) is 1. The molecule has 9 nitrogen and oxygen atoms in total. The Morgan fingerprint density at radius 3 is 2.28 bits per heavy atom. The first kappa shape index (κ1) is 22.5. The summed E-state index contributed by atoms with van der Waals surface area (Å²) in [5.41, 5.74) is 6.83. The lowest BCUT2D eigenvalue weighted by molar-refractivity contribution is -0.115. The van der Waals surface area contributed by atoms with E-state index in [-0.39, 0.29) is 10.6 Å². The maximum Gasteiger partial charge on any atom is 0.243 e. The van der Waals surface area contributed by atoms with Crippen molar-refractivity contribution in [2.45, 2.75) is 10.1 Å². The van der Waals surface area contributed by atoms with Gasteiger partial charge in [-0.15, -0.1) is 10.2 Å². The van der Waals surface area contributed by atoms with Crippen molar-refractivity contribution in [1.82, 2.24) is 24.0 Å². The van der Waals surface area contributed by atoms with Crippen LogP contribution in [0.4, 0.5) is 0 Å². The first-order chi connectivity index (χ1) is 15.4. The van der Waals surface area contributed by atoms with Crippen LogP contribution in [0, 0.1) is 0 Å². The molecule has 1 aliphatic heterocycles. The minimum absolute atomic E-state index is 0.0766. The quantitative estimate of drug-likeness (QED) is 0.518. The zero-order valence-corrected chi connectivity index (χ0v) is 19.2. The first-order valence-electron chi connectivity index (χ1n) is 10.1. The van der Waals surface area contributed by atoms with Crippen molar-refractivity contribution < 1.29 is 13.2 Å². The molecule has 1 aromatic heterocycles. The fraction of sp³-hybridized carbons (Fsp3) is 0.286. The average Bonchev–Trinajstić information content (AvgIpc) is 3.22. The van der Waals surface area contributed by atoms with Crippen LogP contribution in [0.25, 0.3) is 17.1 Å². The number of para-hydroxylation sites is 1. The Balaban J connectivity index is 1.66. The average molecular weight is 473 g/mol. The van der Waals surface area contributed by atoms with Crippen LogP contribution in [-0.2, 0) is 14.8 Å². The molecule has 4 rings (SSSR count). The summed E-state index contributed by atoms with van der Waals surface area (Å²) in [5.74, 6) is 0.178. The predicted molar refractivity (Wildman–Crippen MR) is 123 cm³/mol. The number of aromatic nitrogens is 3. The third-order valence-corrected chi connectivity index (χ3v) is 8.07. The number of carbonyl (C=O) groups excluding carboxylic acids is 1. The molecule has 0 saturated carbocycles. The van der Waals surface area contributed by atoms with Crippen LogP contribution < -0.4 is 5.73 Å². The number of likely N-dealkylation sites (N-methyl/N-ethyl adjacent to an activating group) is 1. The number of thioether (sulfide) groups is 1. The third kappa shape index (κ3) is 4.70. The molecule has 0 unspecified atom stereocenters. The van der Waals surface area contributed by atoms with Crippen molar-refractivity contribution >= 4 is 27.7 Å². The van der Waals surface area contributed by atoms with E-state index in [2.05, 4.69) is 15.1 Å². The lowest BCUT2D eigenvalue weighted by atomic mass is 10.2. The first-order valence-corrected chi connectivity index (χ1v) is 12.5. The summed E-state index contributed by atoms with van der Waals surface area (Å²) in [6.07, 6.45) is 0. The van der Waals surface area contributed by atoms with Crippen molar-refractivity contribution in [2.24, 2.45) is 5.73 Å². The zero-order chi connectivity index (χ0) is 22.7. The molecule has 1 amide bonds. The molecule has 2 aromatic carbocycles. The molecule has 2 N–H and O–H groups in total. The Kier molecular flexibility index (Phi) is 6.60. The van der Waals surface area contributed by atoms with Crippen molar-refractivity contribution in [3.63, 3.8) is 0 Å². The maximum atomic E-state index is 13.0. The molecule has 0 bridgehead atoms. The molecule has 3 aromatic rings. The Bertz CT molecular complexity index is 1190. The van der Waals surface area contributed by atoms with Gasteiger partial charge in [-0.25, -0.2) is 8.42 Å². The number of primary amides is 1. The van der Waals surface area contributed by atoms with E-state index in [1.165, 1.54) is 16.1 Å². The number of piperazine rings is 1. The maximum absolute atomic E-state index is 13.0. The van der Waals surface area contributed by atoms with E-state index in [1.54, 1.807) is 24.3 Å². The number of amides is 1. The minimum Gasteiger partial charge on any atom is -0.369 e. The van der Waals surface area contributed by atoms with Gasteiger partial charge < -0.3 is 10.6 Å². The second-order valence-electron chi connectivity index (χ2n) is 7.46. The number of sulfonamides is 1. The van der Waals surface area contributed by atoms with Gasteiger partial charge in [0, 0.05) is 37.4 Å². The lowest BCUT2D eigenvalue weighted by Gasteiger charge is -2.31. The van der Waals surface area contributed by atoms with Crippen molar-refractivity contribution in [3.8, 4) is 17.1 Å². The van der Waals surface area contributed by atoms with Crippen LogP contribution in [0.1, 0.15) is 0 Å². The number of nitrogens with zero attached hydrogens (tertiary/aromatic N) is 5. The van der Waals surface area contributed by atoms with Gasteiger partial charge in [-0.1, -0.05) is 30.0 Å². The molecular formula is C21H24N6O3S2. The minimum atomic E-state index is -3.55. The highest BCUT2D eigenvalue weighted by molar-refractivity contribution is 7.99. The Morgan fingerprint density at radius 2 is 1.66 bits per heavy atom. The molecule has 168 valence electrons. The molecular weight excluding hydrogens is 448 g/mol. The summed E-state index contributed by atoms with van der Waals surface area (Å²) in [4.78, 5) is 13.6. The smallest absolute Gasteiger partial charge is 0.243 e. The van der Waals surface area contributed by atoms with E-state index in [0.717, 1.165) is 5.69 Å². The molecule has 0 spiro atoms. The molecule has 1 aliphatic rings. The molecule has 0 aliphatic carbocycles. The topological polar surface area (TPSA) is 114 Å². The number of hydrogen-bond acceptors (Lipinski definition) is 7. The van der Waals surface area contributed by atoms with Crippen LogP contribution in [0.15, 0.2) is 64.6 Å². The summed E-state index contributed by atoms with van der Waals surface area (Å²) < 4.78 is 29.4. The van der Waals surface area contributed by atoms with Gasteiger partial charge in [-0.2, -0.15) is 4.31 Å². The molecule has 0 atom stereocenters. The monoisotopic (exact) mass is 472 g/mol. The Morgan fingerprint density at radius 1 is 1.00 bits per heavy atom. The van der Waals surface area contributed by atoms with E-state index in [0.29, 0.717) is 42.7 Å². The third-order valence-electron chi connectivity index (χ3n) is 5.20. The highest BCUT2D eigenvalue weighted by atomic mass is 32.2. The zero-order valence-electron chi connectivity index (χ0n) is 17.6. The summed E-state index contributed by atoms with van der Waals surface area (Å²) in [6, 6.07) is 16.2. The Hall–Kier alpha value is -2.73. The van der Waals surface area contributed by atoms with Crippen molar-refractivity contribution in [2.75, 3.05) is 39.0 Å². The highest BCUT2D eigenvalue weighted by Gasteiger charge is 2.27. The molecule has 1 saturated heterocycles. The Labute approximate surface area is 191 Å². The fourth-order valence-corrected chi connectivity index (χ4v) is 5.56. The van der Waals surface area contributed by atoms with Crippen LogP contribution in [0.2, 0.25) is 0 Å². The number of carbonyl (C=O) groups is 1. The van der Waals surface area contributed by atoms with Crippen LogP contribution in [0.5, 0.6) is 0 Å². The molecule has 1 fully saturated rings. The molecule has 0 radical (unpaired) electrons. The lowest BCUT2D eigenvalue weighted by Crippen LogP contribution is -2.46. The summed E-state index contributed by atoms with van der Waals surface area (Å²) in [7, 11) is -1.57. The van der Waals surface area contributed by atoms with E-state index < -0.39 is 15.9 Å². The molecule has 32 heavy (non-hydrogen) atoms. The number of rotatable bonds is 7. The van der Waals surface area contributed by atoms with Gasteiger partial charge in [0.2, 0.25) is 15.9 Å². The molecule has 11 heteroatoms. The SMILES string of the molecule is CN1CCN(S(=O)(=O)c2ccc(-c3nnc(SCC(N)=O)n3-c3ccccc3)cc2)CC1. The standard InChI is InChI=1S/C21H24N6O3S2/c1-25-11-13-26(14-12-25)32(29,30)18-9-7-16(8-10-18)20-23-24-21(31-15-19(22)28)27(20)17-5-3-2-4-6-17/h2-10H,11-15H2,1H3,(H2,22,28). The van der Waals surface area contributed by atoms with Crippen LogP contribution >= 0.6 is 11.8 Å². The van der Waals surface area contributed by atoms with E-state index in [4.69, 9.17) is 5.73 Å². The second kappa shape index (κ2) is 9.41.